The topological polar surface area (TPSA) is 26.3 Å². The molecule has 0 bridgehead atoms. The summed E-state index contributed by atoms with van der Waals surface area (Å²) in [5, 5.41) is 3.29. The van der Waals surface area contributed by atoms with Crippen molar-refractivity contribution in [1.29, 1.82) is 0 Å². The predicted octanol–water partition coefficient (Wildman–Crippen LogP) is 7.69. The Labute approximate surface area is 180 Å². The number of thiophene rings is 1. The van der Waals surface area contributed by atoms with Crippen LogP contribution in [-0.2, 0) is 16.5 Å². The number of carbonyl (C=O) groups is 1. The maximum absolute atomic E-state index is 12.9. The number of rotatable bonds is 4. The predicted molar refractivity (Wildman–Crippen MR) is 118 cm³/mol. The van der Waals surface area contributed by atoms with E-state index in [1.165, 1.54) is 22.2 Å². The van der Waals surface area contributed by atoms with Gasteiger partial charge in [-0.3, -0.25) is 0 Å². The van der Waals surface area contributed by atoms with Gasteiger partial charge in [0, 0.05) is 28.0 Å². The van der Waals surface area contributed by atoms with E-state index in [-0.39, 0.29) is 10.5 Å². The summed E-state index contributed by atoms with van der Waals surface area (Å²) in [4.78, 5) is 13.9. The van der Waals surface area contributed by atoms with Crippen LogP contribution >= 0.6 is 10.5 Å². The molecule has 1 aromatic heterocycles. The molecule has 158 valence electrons. The zero-order valence-electron chi connectivity index (χ0n) is 16.9. The summed E-state index contributed by atoms with van der Waals surface area (Å²) < 4.78 is 45.3. The zero-order valence-corrected chi connectivity index (χ0v) is 17.8. The van der Waals surface area contributed by atoms with Crippen LogP contribution < -0.4 is 0 Å². The summed E-state index contributed by atoms with van der Waals surface area (Å²) in [6, 6.07) is 22.2. The molecule has 1 atom stereocenters. The highest BCUT2D eigenvalue weighted by atomic mass is 32.2. The second kappa shape index (κ2) is 7.85. The summed E-state index contributed by atoms with van der Waals surface area (Å²) >= 11 is 0. The molecule has 31 heavy (non-hydrogen) atoms. The molecule has 1 unspecified atom stereocenters. The molecule has 1 heterocycles. The summed E-state index contributed by atoms with van der Waals surface area (Å²) in [6.45, 7) is 3.32. The van der Waals surface area contributed by atoms with Gasteiger partial charge in [-0.05, 0) is 55.8 Å². The molecule has 6 heteroatoms. The average molecular weight is 441 g/mol. The van der Waals surface area contributed by atoms with Crippen LogP contribution in [-0.4, -0.2) is 5.97 Å². The third kappa shape index (κ3) is 4.35. The Morgan fingerprint density at radius 3 is 2.23 bits per heavy atom. The van der Waals surface area contributed by atoms with Crippen LogP contribution in [0.4, 0.5) is 13.2 Å². The number of hydrogen-bond acceptors (Lipinski definition) is 2. The van der Waals surface area contributed by atoms with Crippen LogP contribution in [0.25, 0.3) is 15.0 Å². The van der Waals surface area contributed by atoms with Crippen molar-refractivity contribution in [2.75, 3.05) is 0 Å². The summed E-state index contributed by atoms with van der Waals surface area (Å²) in [7, 11) is -0.258. The first-order valence-electron chi connectivity index (χ1n) is 9.67. The van der Waals surface area contributed by atoms with Crippen LogP contribution in [0.15, 0.2) is 84.2 Å². The van der Waals surface area contributed by atoms with Crippen molar-refractivity contribution >= 4 is 26.5 Å². The van der Waals surface area contributed by atoms with E-state index in [1.807, 2.05) is 30.3 Å². The van der Waals surface area contributed by atoms with Gasteiger partial charge >= 0.3 is 12.1 Å². The molecule has 4 rings (SSSR count). The molecular formula is C25H20F3O2S+. The molecule has 0 aliphatic carbocycles. The summed E-state index contributed by atoms with van der Waals surface area (Å²) in [6.07, 6.45) is -4.41. The van der Waals surface area contributed by atoms with E-state index in [0.717, 1.165) is 17.0 Å². The fourth-order valence-electron chi connectivity index (χ4n) is 3.41. The van der Waals surface area contributed by atoms with E-state index >= 15 is 0 Å². The highest BCUT2D eigenvalue weighted by Gasteiger charge is 2.32. The Morgan fingerprint density at radius 1 is 0.839 bits per heavy atom. The first-order valence-corrected chi connectivity index (χ1v) is 11.0. The number of benzene rings is 3. The van der Waals surface area contributed by atoms with Crippen molar-refractivity contribution in [2.45, 2.75) is 25.6 Å². The second-order valence-corrected chi connectivity index (χ2v) is 9.54. The monoisotopic (exact) mass is 441 g/mol. The quantitative estimate of drug-likeness (QED) is 0.240. The van der Waals surface area contributed by atoms with E-state index in [9.17, 15) is 18.0 Å². The Hall–Kier alpha value is -3.12. The molecule has 2 nitrogen and oxygen atoms in total. The van der Waals surface area contributed by atoms with Gasteiger partial charge in [0.05, 0.1) is 11.1 Å². The first kappa shape index (κ1) is 21.1. The third-order valence-corrected chi connectivity index (χ3v) is 7.13. The summed E-state index contributed by atoms with van der Waals surface area (Å²) in [5.74, 6) is -0.521. The van der Waals surface area contributed by atoms with Crippen molar-refractivity contribution in [3.8, 4) is 4.90 Å². The Balaban J connectivity index is 1.58. The van der Waals surface area contributed by atoms with Gasteiger partial charge in [0.2, 0.25) is 0 Å². The van der Waals surface area contributed by atoms with Crippen LogP contribution in [0.2, 0.25) is 0 Å². The Kier molecular flexibility index (Phi) is 5.35. The van der Waals surface area contributed by atoms with E-state index in [1.54, 1.807) is 19.9 Å². The zero-order chi connectivity index (χ0) is 22.2. The molecule has 0 saturated carbocycles. The van der Waals surface area contributed by atoms with Gasteiger partial charge in [-0.1, -0.05) is 30.3 Å². The number of carbonyl (C=O) groups excluding carboxylic acids is 1. The van der Waals surface area contributed by atoms with Gasteiger partial charge in [0.15, 0.2) is 9.60 Å². The molecule has 4 aromatic rings. The fourth-order valence-corrected chi connectivity index (χ4v) is 5.34. The SMILES string of the molecule is CC(C)(OC(=O)c1cccc(-[s+]2ccc3ccccc32)c1)c1ccc(C(F)(F)F)cc1. The number of fused-ring (bicyclic) bond motifs is 1. The lowest BCUT2D eigenvalue weighted by Crippen LogP contribution is -2.25. The lowest BCUT2D eigenvalue weighted by atomic mass is 9.96. The van der Waals surface area contributed by atoms with Gasteiger partial charge in [0.1, 0.15) is 11.0 Å². The molecule has 0 aliphatic heterocycles. The molecule has 0 saturated heterocycles. The van der Waals surface area contributed by atoms with Gasteiger partial charge in [-0.25, -0.2) is 4.79 Å². The van der Waals surface area contributed by atoms with Crippen LogP contribution in [0.1, 0.15) is 35.3 Å². The smallest absolute Gasteiger partial charge is 0.416 e. The minimum Gasteiger partial charge on any atom is -0.451 e. The van der Waals surface area contributed by atoms with Gasteiger partial charge in [-0.2, -0.15) is 13.2 Å². The second-order valence-electron chi connectivity index (χ2n) is 7.68. The maximum atomic E-state index is 12.9. The van der Waals surface area contributed by atoms with E-state index in [2.05, 4.69) is 23.6 Å². The van der Waals surface area contributed by atoms with Crippen LogP contribution in [0.3, 0.4) is 0 Å². The van der Waals surface area contributed by atoms with Crippen molar-refractivity contribution in [2.24, 2.45) is 0 Å². The van der Waals surface area contributed by atoms with E-state index in [4.69, 9.17) is 4.74 Å². The van der Waals surface area contributed by atoms with Crippen molar-refractivity contribution in [3.63, 3.8) is 0 Å². The Bertz CT molecular complexity index is 1240. The van der Waals surface area contributed by atoms with Gasteiger partial charge in [-0.15, -0.1) is 0 Å². The number of hydrogen-bond donors (Lipinski definition) is 0. The fraction of sp³-hybridized carbons (Fsp3) is 0.160. The maximum Gasteiger partial charge on any atom is 0.416 e. The molecule has 0 radical (unpaired) electrons. The number of esters is 1. The first-order chi connectivity index (χ1) is 14.6. The lowest BCUT2D eigenvalue weighted by Gasteiger charge is -2.26. The number of halogens is 3. The minimum absolute atomic E-state index is 0.258. The van der Waals surface area contributed by atoms with Crippen LogP contribution in [0.5, 0.6) is 0 Å². The molecule has 0 fully saturated rings. The molecule has 0 spiro atoms. The number of ether oxygens (including phenoxy) is 1. The molecule has 0 amide bonds. The molecule has 3 aromatic carbocycles. The standard InChI is InChI=1S/C25H20F3O2S/c1-24(2,19-10-12-20(13-11-19)25(26,27)28)30-23(29)18-7-5-8-21(16-18)31-15-14-17-6-3-4-9-22(17)31/h3-16H,1-2H3/q+1. The van der Waals surface area contributed by atoms with E-state index < -0.39 is 23.3 Å². The molecular weight excluding hydrogens is 421 g/mol. The Morgan fingerprint density at radius 2 is 1.52 bits per heavy atom. The van der Waals surface area contributed by atoms with Crippen molar-refractivity contribution in [1.82, 2.24) is 0 Å². The van der Waals surface area contributed by atoms with Crippen molar-refractivity contribution in [3.05, 3.63) is 101 Å². The number of alkyl halides is 3. The largest absolute Gasteiger partial charge is 0.451 e. The summed E-state index contributed by atoms with van der Waals surface area (Å²) in [5.41, 5.74) is -0.932. The van der Waals surface area contributed by atoms with Crippen LogP contribution in [0, 0.1) is 0 Å². The normalized spacial score (nSPS) is 12.7. The molecule has 0 aliphatic rings. The lowest BCUT2D eigenvalue weighted by molar-refractivity contribution is -0.137. The highest BCUT2D eigenvalue weighted by Crippen LogP contribution is 2.40. The minimum atomic E-state index is -4.41. The average Bonchev–Trinajstić information content (AvgIpc) is 3.17. The highest BCUT2D eigenvalue weighted by molar-refractivity contribution is 7.43. The van der Waals surface area contributed by atoms with Crippen molar-refractivity contribution < 1.29 is 22.7 Å². The third-order valence-electron chi connectivity index (χ3n) is 5.12. The van der Waals surface area contributed by atoms with Gasteiger partial charge < -0.3 is 4.74 Å². The van der Waals surface area contributed by atoms with Gasteiger partial charge in [0.25, 0.3) is 0 Å². The molecule has 0 N–H and O–H groups in total. The van der Waals surface area contributed by atoms with E-state index in [0.29, 0.717) is 11.1 Å².